The lowest BCUT2D eigenvalue weighted by molar-refractivity contribution is -0.118. The van der Waals surface area contributed by atoms with Gasteiger partial charge in [0.1, 0.15) is 10.7 Å². The molecule has 0 spiro atoms. The third-order valence-corrected chi connectivity index (χ3v) is 6.07. The van der Waals surface area contributed by atoms with E-state index in [-0.39, 0.29) is 18.5 Å². The van der Waals surface area contributed by atoms with Crippen LogP contribution in [0.1, 0.15) is 16.3 Å². The molecule has 4 rings (SSSR count). The molecule has 28 heavy (non-hydrogen) atoms. The van der Waals surface area contributed by atoms with Crippen LogP contribution in [-0.2, 0) is 11.3 Å². The zero-order valence-electron chi connectivity index (χ0n) is 15.4. The number of rotatable bonds is 6. The number of aryl methyl sites for hydroxylation is 2. The molecule has 3 heterocycles. The van der Waals surface area contributed by atoms with Crippen molar-refractivity contribution in [1.29, 1.82) is 0 Å². The van der Waals surface area contributed by atoms with Crippen molar-refractivity contribution in [2.75, 3.05) is 12.5 Å². The maximum absolute atomic E-state index is 12.1. The Kier molecular flexibility index (Phi) is 5.45. The smallest absolute Gasteiger partial charge is 0.231 e. The highest BCUT2D eigenvalue weighted by molar-refractivity contribution is 7.99. The predicted octanol–water partition coefficient (Wildman–Crippen LogP) is 3.35. The molecule has 2 aromatic heterocycles. The van der Waals surface area contributed by atoms with E-state index in [4.69, 9.17) is 9.47 Å². The molecule has 1 aliphatic rings. The van der Waals surface area contributed by atoms with E-state index >= 15 is 0 Å². The SMILES string of the molecule is Cc1nc(C)c(-c2ccc(SCC(=O)NCc3ccc4c(c3)OCO4)nn2)s1. The summed E-state index contributed by atoms with van der Waals surface area (Å²) in [6, 6.07) is 9.44. The van der Waals surface area contributed by atoms with Crippen molar-refractivity contribution in [3.05, 3.63) is 46.6 Å². The molecule has 0 radical (unpaired) electrons. The van der Waals surface area contributed by atoms with Gasteiger partial charge in [0.25, 0.3) is 0 Å². The van der Waals surface area contributed by atoms with Gasteiger partial charge in [-0.25, -0.2) is 4.98 Å². The number of carbonyl (C=O) groups is 1. The van der Waals surface area contributed by atoms with Gasteiger partial charge in [-0.15, -0.1) is 21.5 Å². The number of amides is 1. The molecule has 0 fully saturated rings. The fourth-order valence-corrected chi connectivity index (χ4v) is 4.26. The standard InChI is InChI=1S/C19H18N4O3S2/c1-11-19(28-12(2)21-11)14-4-6-18(23-22-14)27-9-17(24)20-8-13-3-5-15-16(7-13)26-10-25-15/h3-7H,8-10H2,1-2H3,(H,20,24). The van der Waals surface area contributed by atoms with Gasteiger partial charge < -0.3 is 14.8 Å². The lowest BCUT2D eigenvalue weighted by atomic mass is 10.2. The van der Waals surface area contributed by atoms with E-state index < -0.39 is 0 Å². The summed E-state index contributed by atoms with van der Waals surface area (Å²) in [6.07, 6.45) is 0. The average Bonchev–Trinajstić information content (AvgIpc) is 3.30. The second kappa shape index (κ2) is 8.15. The van der Waals surface area contributed by atoms with Crippen molar-refractivity contribution in [3.8, 4) is 22.1 Å². The Bertz CT molecular complexity index is 1000. The van der Waals surface area contributed by atoms with E-state index in [1.54, 1.807) is 11.3 Å². The van der Waals surface area contributed by atoms with Crippen molar-refractivity contribution in [2.24, 2.45) is 0 Å². The number of benzene rings is 1. The first-order chi connectivity index (χ1) is 13.6. The summed E-state index contributed by atoms with van der Waals surface area (Å²) in [5, 5.41) is 13.1. The normalized spacial score (nSPS) is 12.2. The highest BCUT2D eigenvalue weighted by Crippen LogP contribution is 2.32. The third-order valence-electron chi connectivity index (χ3n) is 4.05. The molecular weight excluding hydrogens is 396 g/mol. The number of fused-ring (bicyclic) bond motifs is 1. The quantitative estimate of drug-likeness (QED) is 0.619. The lowest BCUT2D eigenvalue weighted by Crippen LogP contribution is -2.24. The Morgan fingerprint density at radius 3 is 2.79 bits per heavy atom. The Morgan fingerprint density at radius 2 is 2.04 bits per heavy atom. The molecular formula is C19H18N4O3S2. The number of nitrogens with zero attached hydrogens (tertiary/aromatic N) is 3. The van der Waals surface area contributed by atoms with Crippen molar-refractivity contribution in [3.63, 3.8) is 0 Å². The van der Waals surface area contributed by atoms with Crippen LogP contribution >= 0.6 is 23.1 Å². The first kappa shape index (κ1) is 18.7. The number of carbonyl (C=O) groups excluding carboxylic acids is 1. The largest absolute Gasteiger partial charge is 0.454 e. The van der Waals surface area contributed by atoms with E-state index in [1.807, 2.05) is 44.2 Å². The number of thiazole rings is 1. The monoisotopic (exact) mass is 414 g/mol. The highest BCUT2D eigenvalue weighted by Gasteiger charge is 2.14. The van der Waals surface area contributed by atoms with Gasteiger partial charge in [0.2, 0.25) is 12.7 Å². The van der Waals surface area contributed by atoms with Crippen LogP contribution in [0, 0.1) is 13.8 Å². The van der Waals surface area contributed by atoms with E-state index in [1.165, 1.54) is 11.8 Å². The van der Waals surface area contributed by atoms with E-state index in [2.05, 4.69) is 20.5 Å². The topological polar surface area (TPSA) is 86.2 Å². The van der Waals surface area contributed by atoms with Crippen LogP contribution < -0.4 is 14.8 Å². The van der Waals surface area contributed by atoms with Crippen LogP contribution in [-0.4, -0.2) is 33.6 Å². The molecule has 0 aliphatic carbocycles. The van der Waals surface area contributed by atoms with E-state index in [9.17, 15) is 4.79 Å². The Balaban J connectivity index is 1.28. The molecule has 9 heteroatoms. The van der Waals surface area contributed by atoms with Crippen LogP contribution in [0.3, 0.4) is 0 Å². The second-order valence-electron chi connectivity index (χ2n) is 6.16. The zero-order chi connectivity index (χ0) is 19.5. The minimum Gasteiger partial charge on any atom is -0.454 e. The lowest BCUT2D eigenvalue weighted by Gasteiger charge is -2.06. The molecule has 1 aromatic carbocycles. The number of hydrogen-bond acceptors (Lipinski definition) is 8. The van der Waals surface area contributed by atoms with Crippen molar-refractivity contribution in [1.82, 2.24) is 20.5 Å². The van der Waals surface area contributed by atoms with E-state index in [0.717, 1.165) is 32.6 Å². The molecule has 0 atom stereocenters. The molecule has 0 saturated heterocycles. The molecule has 0 bridgehead atoms. The molecule has 1 amide bonds. The highest BCUT2D eigenvalue weighted by atomic mass is 32.2. The Labute approximate surface area is 170 Å². The molecule has 144 valence electrons. The van der Waals surface area contributed by atoms with Gasteiger partial charge in [-0.3, -0.25) is 4.79 Å². The summed E-state index contributed by atoms with van der Waals surface area (Å²) in [7, 11) is 0. The second-order valence-corrected chi connectivity index (χ2v) is 8.36. The van der Waals surface area contributed by atoms with Gasteiger partial charge in [-0.1, -0.05) is 17.8 Å². The van der Waals surface area contributed by atoms with Crippen molar-refractivity contribution >= 4 is 29.0 Å². The first-order valence-electron chi connectivity index (χ1n) is 8.64. The van der Waals surface area contributed by atoms with Crippen LogP contribution in [0.4, 0.5) is 0 Å². The maximum Gasteiger partial charge on any atom is 0.231 e. The Hall–Kier alpha value is -2.65. The number of aromatic nitrogens is 3. The van der Waals surface area contributed by atoms with Gasteiger partial charge >= 0.3 is 0 Å². The van der Waals surface area contributed by atoms with Gasteiger partial charge in [-0.2, -0.15) is 0 Å². The molecule has 1 aliphatic heterocycles. The maximum atomic E-state index is 12.1. The first-order valence-corrected chi connectivity index (χ1v) is 10.4. The van der Waals surface area contributed by atoms with Crippen molar-refractivity contribution in [2.45, 2.75) is 25.4 Å². The molecule has 1 N–H and O–H groups in total. The van der Waals surface area contributed by atoms with Gasteiger partial charge in [0.15, 0.2) is 11.5 Å². The summed E-state index contributed by atoms with van der Waals surface area (Å²) in [5.41, 5.74) is 2.72. The molecule has 0 unspecified atom stereocenters. The fraction of sp³-hybridized carbons (Fsp3) is 0.263. The average molecular weight is 415 g/mol. The minimum absolute atomic E-state index is 0.0672. The molecule has 0 saturated carbocycles. The molecule has 3 aromatic rings. The molecule has 7 nitrogen and oxygen atoms in total. The zero-order valence-corrected chi connectivity index (χ0v) is 17.0. The Morgan fingerprint density at radius 1 is 1.18 bits per heavy atom. The number of hydrogen-bond donors (Lipinski definition) is 1. The number of nitrogens with one attached hydrogen (secondary N) is 1. The minimum atomic E-state index is -0.0672. The van der Waals surface area contributed by atoms with Gasteiger partial charge in [0.05, 0.1) is 21.3 Å². The summed E-state index contributed by atoms with van der Waals surface area (Å²) < 4.78 is 10.6. The predicted molar refractivity (Wildman–Crippen MR) is 108 cm³/mol. The van der Waals surface area contributed by atoms with Crippen LogP contribution in [0.25, 0.3) is 10.6 Å². The van der Waals surface area contributed by atoms with Crippen LogP contribution in [0.5, 0.6) is 11.5 Å². The summed E-state index contributed by atoms with van der Waals surface area (Å²) >= 11 is 2.96. The summed E-state index contributed by atoms with van der Waals surface area (Å²) in [4.78, 5) is 17.6. The van der Waals surface area contributed by atoms with Gasteiger partial charge in [-0.05, 0) is 43.7 Å². The van der Waals surface area contributed by atoms with Crippen LogP contribution in [0.15, 0.2) is 35.4 Å². The van der Waals surface area contributed by atoms with Gasteiger partial charge in [0, 0.05) is 6.54 Å². The summed E-state index contributed by atoms with van der Waals surface area (Å²) in [5.74, 6) is 1.65. The number of thioether (sulfide) groups is 1. The third kappa shape index (κ3) is 4.26. The number of ether oxygens (including phenoxy) is 2. The summed E-state index contributed by atoms with van der Waals surface area (Å²) in [6.45, 7) is 4.61. The van der Waals surface area contributed by atoms with Crippen molar-refractivity contribution < 1.29 is 14.3 Å². The van der Waals surface area contributed by atoms with Crippen LogP contribution in [0.2, 0.25) is 0 Å². The van der Waals surface area contributed by atoms with E-state index in [0.29, 0.717) is 17.3 Å². The fourth-order valence-electron chi connectivity index (χ4n) is 2.73.